The van der Waals surface area contributed by atoms with Gasteiger partial charge in [0.15, 0.2) is 11.7 Å². The average Bonchev–Trinajstić information content (AvgIpc) is 3.34. The van der Waals surface area contributed by atoms with Gasteiger partial charge in [-0.05, 0) is 37.0 Å². The number of rotatable bonds is 7. The normalized spacial score (nSPS) is 23.9. The van der Waals surface area contributed by atoms with Gasteiger partial charge in [-0.15, -0.1) is 0 Å². The number of guanidine groups is 1. The first kappa shape index (κ1) is 28.0. The number of benzene rings is 1. The number of hydrogen-bond acceptors (Lipinski definition) is 7. The number of amides is 1. The van der Waals surface area contributed by atoms with E-state index in [4.69, 9.17) is 16.2 Å². The number of carbonyl (C=O) groups is 3. The van der Waals surface area contributed by atoms with Crippen molar-refractivity contribution in [2.24, 2.45) is 11.7 Å². The smallest absolute Gasteiger partial charge is 0.335 e. The van der Waals surface area contributed by atoms with E-state index in [0.717, 1.165) is 0 Å². The van der Waals surface area contributed by atoms with Crippen LogP contribution in [0.2, 0.25) is 0 Å². The van der Waals surface area contributed by atoms with Crippen LogP contribution in [0.5, 0.6) is 0 Å². The number of nitrogens with one attached hydrogen (secondary N) is 1. The maximum absolute atomic E-state index is 13.7. The molecule has 0 saturated carbocycles. The van der Waals surface area contributed by atoms with Crippen LogP contribution in [-0.4, -0.2) is 120 Å². The van der Waals surface area contributed by atoms with Gasteiger partial charge in [0.2, 0.25) is 15.9 Å². The molecule has 4 rings (SSSR count). The van der Waals surface area contributed by atoms with Crippen molar-refractivity contribution in [1.82, 2.24) is 19.0 Å². The van der Waals surface area contributed by atoms with E-state index in [1.54, 1.807) is 21.9 Å². The van der Waals surface area contributed by atoms with Crippen LogP contribution in [0.3, 0.4) is 0 Å². The SMILES string of the molecule is CS(=O)(=O)N1CCN([C@H]2C[C@@H](C(=O)Cc3ccc(C(=O)O)cc3)N(C(=O)C3CCN(C(=N)N)CC3)C2)CC1. The molecule has 1 aromatic carbocycles. The van der Waals surface area contributed by atoms with Gasteiger partial charge in [0.25, 0.3) is 0 Å². The Labute approximate surface area is 222 Å². The number of sulfonamides is 1. The number of carbonyl (C=O) groups excluding carboxylic acids is 2. The van der Waals surface area contributed by atoms with Crippen molar-refractivity contribution in [3.05, 3.63) is 35.4 Å². The summed E-state index contributed by atoms with van der Waals surface area (Å²) in [6, 6.07) is 5.53. The summed E-state index contributed by atoms with van der Waals surface area (Å²) >= 11 is 0. The summed E-state index contributed by atoms with van der Waals surface area (Å²) in [5.74, 6) is -1.46. The summed E-state index contributed by atoms with van der Waals surface area (Å²) < 4.78 is 25.3. The van der Waals surface area contributed by atoms with Crippen LogP contribution >= 0.6 is 0 Å². The first-order valence-electron chi connectivity index (χ1n) is 12.9. The van der Waals surface area contributed by atoms with Crippen molar-refractivity contribution in [1.29, 1.82) is 5.41 Å². The van der Waals surface area contributed by atoms with E-state index in [1.165, 1.54) is 22.7 Å². The number of likely N-dealkylation sites (tertiary alicyclic amines) is 2. The molecule has 0 spiro atoms. The fourth-order valence-electron chi connectivity index (χ4n) is 5.71. The number of piperazine rings is 1. The van der Waals surface area contributed by atoms with Crippen molar-refractivity contribution in [2.45, 2.75) is 37.8 Å². The van der Waals surface area contributed by atoms with Gasteiger partial charge in [0.1, 0.15) is 0 Å². The molecule has 0 bridgehead atoms. The standard InChI is InChI=1S/C25H36N6O6S/c1-38(36,37)30-12-10-28(11-13-30)20-15-21(22(32)14-17-2-4-19(5-3-17)24(34)35)31(16-20)23(33)18-6-8-29(9-7-18)25(26)27/h2-5,18,20-21H,6-16H2,1H3,(H3,26,27)(H,34,35)/t20-,21-/m0/s1. The number of hydrogen-bond donors (Lipinski definition) is 3. The summed E-state index contributed by atoms with van der Waals surface area (Å²) in [7, 11) is -3.27. The molecule has 0 aliphatic carbocycles. The summed E-state index contributed by atoms with van der Waals surface area (Å²) in [6.07, 6.45) is 2.89. The number of ketones is 1. The minimum Gasteiger partial charge on any atom is -0.478 e. The largest absolute Gasteiger partial charge is 0.478 e. The number of carboxylic acids is 1. The van der Waals surface area contributed by atoms with Crippen molar-refractivity contribution < 1.29 is 27.9 Å². The van der Waals surface area contributed by atoms with Gasteiger partial charge in [0.05, 0.1) is 17.9 Å². The Morgan fingerprint density at radius 2 is 1.63 bits per heavy atom. The third kappa shape index (κ3) is 6.33. The second kappa shape index (κ2) is 11.4. The van der Waals surface area contributed by atoms with Crippen LogP contribution in [0.4, 0.5) is 0 Å². The van der Waals surface area contributed by atoms with E-state index in [-0.39, 0.29) is 41.6 Å². The zero-order chi connectivity index (χ0) is 27.6. The number of nitrogens with zero attached hydrogens (tertiary/aromatic N) is 4. The van der Waals surface area contributed by atoms with E-state index in [9.17, 15) is 22.8 Å². The van der Waals surface area contributed by atoms with E-state index < -0.39 is 22.0 Å². The van der Waals surface area contributed by atoms with E-state index >= 15 is 0 Å². The van der Waals surface area contributed by atoms with Crippen LogP contribution < -0.4 is 5.73 Å². The number of nitrogens with two attached hydrogens (primary N) is 1. The van der Waals surface area contributed by atoms with Crippen LogP contribution in [0.1, 0.15) is 35.2 Å². The molecule has 3 heterocycles. The minimum atomic E-state index is -3.27. The van der Waals surface area contributed by atoms with Gasteiger partial charge in [-0.25, -0.2) is 13.2 Å². The maximum atomic E-state index is 13.7. The lowest BCUT2D eigenvalue weighted by molar-refractivity contribution is -0.141. The summed E-state index contributed by atoms with van der Waals surface area (Å²) in [5.41, 5.74) is 6.43. The molecule has 1 aromatic rings. The lowest BCUT2D eigenvalue weighted by atomic mass is 9.94. The Kier molecular flexibility index (Phi) is 8.38. The lowest BCUT2D eigenvalue weighted by Gasteiger charge is -2.37. The van der Waals surface area contributed by atoms with Crippen LogP contribution in [0.15, 0.2) is 24.3 Å². The van der Waals surface area contributed by atoms with Crippen molar-refractivity contribution in [2.75, 3.05) is 52.1 Å². The second-order valence-corrected chi connectivity index (χ2v) is 12.4. The molecule has 3 fully saturated rings. The molecule has 0 unspecified atom stereocenters. The van der Waals surface area contributed by atoms with E-state index in [0.29, 0.717) is 70.6 Å². The highest BCUT2D eigenvalue weighted by atomic mass is 32.2. The number of carboxylic acid groups (broad SMARTS) is 1. The minimum absolute atomic E-state index is 0.00709. The Balaban J connectivity index is 1.48. The van der Waals surface area contributed by atoms with Gasteiger partial charge >= 0.3 is 5.97 Å². The Bertz CT molecular complexity index is 1170. The molecule has 3 aliphatic rings. The topological polar surface area (TPSA) is 168 Å². The summed E-state index contributed by atoms with van der Waals surface area (Å²) in [6.45, 7) is 3.26. The summed E-state index contributed by atoms with van der Waals surface area (Å²) in [5, 5.41) is 16.8. The number of aromatic carboxylic acids is 1. The van der Waals surface area contributed by atoms with Crippen LogP contribution in [0.25, 0.3) is 0 Å². The highest BCUT2D eigenvalue weighted by Gasteiger charge is 2.44. The highest BCUT2D eigenvalue weighted by molar-refractivity contribution is 7.88. The molecular weight excluding hydrogens is 512 g/mol. The molecule has 208 valence electrons. The molecule has 3 aliphatic heterocycles. The first-order valence-corrected chi connectivity index (χ1v) is 14.7. The fourth-order valence-corrected chi connectivity index (χ4v) is 6.54. The Morgan fingerprint density at radius 1 is 1.03 bits per heavy atom. The number of piperidine rings is 1. The van der Waals surface area contributed by atoms with Gasteiger partial charge in [-0.3, -0.25) is 19.9 Å². The first-order chi connectivity index (χ1) is 17.9. The van der Waals surface area contributed by atoms with Gasteiger partial charge in [-0.1, -0.05) is 12.1 Å². The highest BCUT2D eigenvalue weighted by Crippen LogP contribution is 2.29. The number of Topliss-reactive ketones (excluding diaryl/α,β-unsaturated/α-hetero) is 1. The Hall–Kier alpha value is -3.03. The molecule has 0 radical (unpaired) electrons. The lowest BCUT2D eigenvalue weighted by Crippen LogP contribution is -2.52. The molecule has 2 atom stereocenters. The van der Waals surface area contributed by atoms with Gasteiger partial charge in [0, 0.05) is 64.2 Å². The molecule has 38 heavy (non-hydrogen) atoms. The van der Waals surface area contributed by atoms with E-state index in [2.05, 4.69) is 4.90 Å². The average molecular weight is 549 g/mol. The fraction of sp³-hybridized carbons (Fsp3) is 0.600. The molecule has 1 amide bonds. The van der Waals surface area contributed by atoms with Crippen molar-refractivity contribution >= 4 is 33.6 Å². The van der Waals surface area contributed by atoms with Crippen molar-refractivity contribution in [3.63, 3.8) is 0 Å². The zero-order valence-electron chi connectivity index (χ0n) is 21.6. The molecule has 13 heteroatoms. The molecule has 3 saturated heterocycles. The predicted molar refractivity (Wildman–Crippen MR) is 140 cm³/mol. The molecule has 4 N–H and O–H groups in total. The van der Waals surface area contributed by atoms with Gasteiger partial charge < -0.3 is 20.6 Å². The van der Waals surface area contributed by atoms with Crippen LogP contribution in [-0.2, 0) is 26.0 Å². The molecule has 0 aromatic heterocycles. The third-order valence-corrected chi connectivity index (χ3v) is 9.26. The van der Waals surface area contributed by atoms with Crippen molar-refractivity contribution in [3.8, 4) is 0 Å². The Morgan fingerprint density at radius 3 is 2.16 bits per heavy atom. The monoisotopic (exact) mass is 548 g/mol. The quantitative estimate of drug-likeness (QED) is 0.305. The molecular formula is C25H36N6O6S. The molecule has 12 nitrogen and oxygen atoms in total. The second-order valence-electron chi connectivity index (χ2n) is 10.4. The van der Waals surface area contributed by atoms with Gasteiger partial charge in [-0.2, -0.15) is 4.31 Å². The summed E-state index contributed by atoms with van der Waals surface area (Å²) in [4.78, 5) is 44.0. The van der Waals surface area contributed by atoms with E-state index in [1.807, 2.05) is 0 Å². The third-order valence-electron chi connectivity index (χ3n) is 7.96. The van der Waals surface area contributed by atoms with Crippen LogP contribution in [0, 0.1) is 11.3 Å². The predicted octanol–water partition coefficient (Wildman–Crippen LogP) is -0.351. The maximum Gasteiger partial charge on any atom is 0.335 e. The zero-order valence-corrected chi connectivity index (χ0v) is 22.4.